The zero-order valence-electron chi connectivity index (χ0n) is 11.4. The summed E-state index contributed by atoms with van der Waals surface area (Å²) < 4.78 is 5.50. The molecule has 1 saturated heterocycles. The minimum Gasteiger partial charge on any atom is -0.381 e. The first-order valence-corrected chi connectivity index (χ1v) is 7.82. The summed E-state index contributed by atoms with van der Waals surface area (Å²) in [5.74, 6) is 0.673. The van der Waals surface area contributed by atoms with Gasteiger partial charge < -0.3 is 15.0 Å². The Bertz CT molecular complexity index is 631. The lowest BCUT2D eigenvalue weighted by Gasteiger charge is -2.34. The Balaban J connectivity index is 1.78. The molecule has 0 radical (unpaired) electrons. The molecule has 2 aromatic rings. The average Bonchev–Trinajstić information content (AvgIpc) is 2.86. The van der Waals surface area contributed by atoms with Crippen LogP contribution >= 0.6 is 11.6 Å². The van der Waals surface area contributed by atoms with Crippen LogP contribution in [0.1, 0.15) is 30.1 Å². The van der Waals surface area contributed by atoms with Gasteiger partial charge in [-0.2, -0.15) is 0 Å². The number of aromatic nitrogens is 1. The van der Waals surface area contributed by atoms with Gasteiger partial charge in [0.15, 0.2) is 0 Å². The van der Waals surface area contributed by atoms with Crippen molar-refractivity contribution in [3.05, 3.63) is 34.5 Å². The largest absolute Gasteiger partial charge is 0.381 e. The van der Waals surface area contributed by atoms with Crippen LogP contribution in [0.3, 0.4) is 0 Å². The predicted octanol–water partition coefficient (Wildman–Crippen LogP) is 3.43. The number of hydrogen-bond donors (Lipinski definition) is 2. The van der Waals surface area contributed by atoms with E-state index in [9.17, 15) is 0 Å². The summed E-state index contributed by atoms with van der Waals surface area (Å²) in [6, 6.07) is 6.59. The summed E-state index contributed by atoms with van der Waals surface area (Å²) in [4.78, 5) is 3.63. The van der Waals surface area contributed by atoms with E-state index in [1.807, 2.05) is 6.07 Å². The third-order valence-electron chi connectivity index (χ3n) is 4.69. The molecule has 0 saturated carbocycles. The van der Waals surface area contributed by atoms with Crippen LogP contribution in [0.4, 0.5) is 0 Å². The van der Waals surface area contributed by atoms with Crippen LogP contribution < -0.4 is 5.32 Å². The first-order chi connectivity index (χ1) is 9.83. The molecule has 0 aliphatic carbocycles. The second-order valence-electron chi connectivity index (χ2n) is 5.84. The van der Waals surface area contributed by atoms with E-state index < -0.39 is 0 Å². The lowest BCUT2D eigenvalue weighted by atomic mass is 9.85. The van der Waals surface area contributed by atoms with Gasteiger partial charge in [-0.3, -0.25) is 0 Å². The van der Waals surface area contributed by atoms with Gasteiger partial charge in [0, 0.05) is 34.8 Å². The molecule has 2 N–H and O–H groups in total. The number of rotatable bonds is 1. The summed E-state index contributed by atoms with van der Waals surface area (Å²) in [5, 5.41) is 5.82. The maximum atomic E-state index is 6.16. The summed E-state index contributed by atoms with van der Waals surface area (Å²) >= 11 is 6.16. The Labute approximate surface area is 123 Å². The van der Waals surface area contributed by atoms with Crippen LogP contribution in [0.5, 0.6) is 0 Å². The molecule has 1 atom stereocenters. The van der Waals surface area contributed by atoms with Crippen LogP contribution in [0.2, 0.25) is 5.02 Å². The first-order valence-electron chi connectivity index (χ1n) is 7.44. The van der Waals surface area contributed by atoms with Gasteiger partial charge in [0.25, 0.3) is 0 Å². The van der Waals surface area contributed by atoms with Crippen molar-refractivity contribution < 1.29 is 4.74 Å². The standard InChI is InChI=1S/C16H19ClN2O/c17-11-1-2-14-13(9-11)12-3-6-18-15(16(12)19-14)10-4-7-20-8-5-10/h1-2,9-10,15,18-19H,3-8H2. The third kappa shape index (κ3) is 2.05. The fourth-order valence-electron chi connectivity index (χ4n) is 3.68. The molecule has 3 heterocycles. The summed E-state index contributed by atoms with van der Waals surface area (Å²) in [6.07, 6.45) is 3.37. The Hall–Kier alpha value is -1.03. The Morgan fingerprint density at radius 1 is 1.20 bits per heavy atom. The van der Waals surface area contributed by atoms with Crippen LogP contribution in [-0.2, 0) is 11.2 Å². The molecule has 106 valence electrons. The molecule has 4 rings (SSSR count). The van der Waals surface area contributed by atoms with Gasteiger partial charge in [0.1, 0.15) is 0 Å². The number of nitrogens with one attached hydrogen (secondary N) is 2. The predicted molar refractivity (Wildman–Crippen MR) is 81.3 cm³/mol. The number of benzene rings is 1. The van der Waals surface area contributed by atoms with Gasteiger partial charge >= 0.3 is 0 Å². The quantitative estimate of drug-likeness (QED) is 0.844. The maximum absolute atomic E-state index is 6.16. The highest BCUT2D eigenvalue weighted by Gasteiger charge is 2.31. The number of fused-ring (bicyclic) bond motifs is 3. The number of aromatic amines is 1. The van der Waals surface area contributed by atoms with E-state index in [2.05, 4.69) is 22.4 Å². The fourth-order valence-corrected chi connectivity index (χ4v) is 3.85. The highest BCUT2D eigenvalue weighted by Crippen LogP contribution is 2.37. The molecule has 0 spiro atoms. The molecule has 0 amide bonds. The summed E-state index contributed by atoms with van der Waals surface area (Å²) in [6.45, 7) is 2.84. The molecule has 1 aromatic heterocycles. The van der Waals surface area contributed by atoms with Crippen molar-refractivity contribution in [1.82, 2.24) is 10.3 Å². The van der Waals surface area contributed by atoms with Gasteiger partial charge in [-0.1, -0.05) is 11.6 Å². The molecule has 3 nitrogen and oxygen atoms in total. The first kappa shape index (κ1) is 12.7. The SMILES string of the molecule is Clc1ccc2[nH]c3c(c2c1)CCNC3C1CCOCC1. The highest BCUT2D eigenvalue weighted by molar-refractivity contribution is 6.31. The topological polar surface area (TPSA) is 37.0 Å². The van der Waals surface area contributed by atoms with Crippen LogP contribution in [0.15, 0.2) is 18.2 Å². The molecule has 0 bridgehead atoms. The minimum absolute atomic E-state index is 0.439. The second-order valence-corrected chi connectivity index (χ2v) is 6.28. The van der Waals surface area contributed by atoms with E-state index in [1.165, 1.54) is 22.2 Å². The monoisotopic (exact) mass is 290 g/mol. The summed E-state index contributed by atoms with van der Waals surface area (Å²) in [7, 11) is 0. The van der Waals surface area contributed by atoms with Crippen molar-refractivity contribution >= 4 is 22.5 Å². The third-order valence-corrected chi connectivity index (χ3v) is 4.92. The van der Waals surface area contributed by atoms with E-state index >= 15 is 0 Å². The maximum Gasteiger partial charge on any atom is 0.0506 e. The van der Waals surface area contributed by atoms with Crippen molar-refractivity contribution in [2.24, 2.45) is 5.92 Å². The van der Waals surface area contributed by atoms with Crippen LogP contribution in [-0.4, -0.2) is 24.7 Å². The smallest absolute Gasteiger partial charge is 0.0506 e. The highest BCUT2D eigenvalue weighted by atomic mass is 35.5. The lowest BCUT2D eigenvalue weighted by molar-refractivity contribution is 0.0523. The van der Waals surface area contributed by atoms with E-state index in [4.69, 9.17) is 16.3 Å². The van der Waals surface area contributed by atoms with Gasteiger partial charge in [0.05, 0.1) is 6.04 Å². The van der Waals surface area contributed by atoms with Gasteiger partial charge in [0.2, 0.25) is 0 Å². The van der Waals surface area contributed by atoms with E-state index in [-0.39, 0.29) is 0 Å². The Kier molecular flexibility index (Phi) is 3.21. The molecule has 1 aromatic carbocycles. The lowest BCUT2D eigenvalue weighted by Crippen LogP contribution is -2.37. The number of halogens is 1. The zero-order chi connectivity index (χ0) is 13.5. The van der Waals surface area contributed by atoms with E-state index in [1.54, 1.807) is 0 Å². The fraction of sp³-hybridized carbons (Fsp3) is 0.500. The van der Waals surface area contributed by atoms with E-state index in [0.29, 0.717) is 12.0 Å². The zero-order valence-corrected chi connectivity index (χ0v) is 12.2. The van der Waals surface area contributed by atoms with Crippen molar-refractivity contribution in [2.45, 2.75) is 25.3 Å². The molecule has 1 fully saturated rings. The van der Waals surface area contributed by atoms with E-state index in [0.717, 1.165) is 44.0 Å². The Morgan fingerprint density at radius 3 is 2.90 bits per heavy atom. The molecule has 4 heteroatoms. The number of H-pyrrole nitrogens is 1. The number of ether oxygens (including phenoxy) is 1. The molecular formula is C16H19ClN2O. The normalized spacial score (nSPS) is 23.9. The Morgan fingerprint density at radius 2 is 2.05 bits per heavy atom. The van der Waals surface area contributed by atoms with Crippen molar-refractivity contribution in [3.8, 4) is 0 Å². The number of hydrogen-bond acceptors (Lipinski definition) is 2. The summed E-state index contributed by atoms with van der Waals surface area (Å²) in [5.41, 5.74) is 4.04. The second kappa shape index (κ2) is 5.06. The van der Waals surface area contributed by atoms with Gasteiger partial charge in [-0.15, -0.1) is 0 Å². The molecule has 1 unspecified atom stereocenters. The average molecular weight is 291 g/mol. The van der Waals surface area contributed by atoms with Crippen LogP contribution in [0.25, 0.3) is 10.9 Å². The van der Waals surface area contributed by atoms with Crippen molar-refractivity contribution in [3.63, 3.8) is 0 Å². The molecular weight excluding hydrogens is 272 g/mol. The van der Waals surface area contributed by atoms with Crippen LogP contribution in [0, 0.1) is 5.92 Å². The minimum atomic E-state index is 0.439. The van der Waals surface area contributed by atoms with Gasteiger partial charge in [-0.25, -0.2) is 0 Å². The van der Waals surface area contributed by atoms with Crippen molar-refractivity contribution in [1.29, 1.82) is 0 Å². The molecule has 2 aliphatic rings. The molecule has 20 heavy (non-hydrogen) atoms. The molecule has 2 aliphatic heterocycles. The van der Waals surface area contributed by atoms with Crippen molar-refractivity contribution in [2.75, 3.05) is 19.8 Å². The van der Waals surface area contributed by atoms with Gasteiger partial charge in [-0.05, 0) is 55.5 Å².